The summed E-state index contributed by atoms with van der Waals surface area (Å²) in [4.78, 5) is 22.2. The zero-order chi connectivity index (χ0) is 16.9. The van der Waals surface area contributed by atoms with E-state index in [-0.39, 0.29) is 12.2 Å². The van der Waals surface area contributed by atoms with Crippen LogP contribution in [0.4, 0.5) is 13.2 Å². The number of ketones is 1. The second-order valence-electron chi connectivity index (χ2n) is 4.47. The minimum absolute atomic E-state index is 0.0792. The molecule has 0 saturated carbocycles. The zero-order valence-electron chi connectivity index (χ0n) is 11.6. The van der Waals surface area contributed by atoms with E-state index in [9.17, 15) is 33.0 Å². The average molecular weight is 320 g/mol. The smallest absolute Gasteiger partial charge is 0.454 e. The first-order chi connectivity index (χ1) is 10.2. The van der Waals surface area contributed by atoms with Gasteiger partial charge in [-0.05, 0) is 12.5 Å². The van der Waals surface area contributed by atoms with Crippen molar-refractivity contribution in [1.29, 1.82) is 0 Å². The fourth-order valence-corrected chi connectivity index (χ4v) is 1.72. The average Bonchev–Trinajstić information content (AvgIpc) is 2.45. The lowest BCUT2D eigenvalue weighted by Crippen LogP contribution is -2.24. The molecule has 1 aromatic carbocycles. The number of carbonyl (C=O) groups is 2. The highest BCUT2D eigenvalue weighted by molar-refractivity contribution is 6.00. The van der Waals surface area contributed by atoms with E-state index in [1.807, 2.05) is 0 Å². The Balaban J connectivity index is 2.77. The number of Topliss-reactive ketones (excluding diaryl/α,β-unsaturated/α-hetero) is 1. The van der Waals surface area contributed by atoms with E-state index in [0.717, 1.165) is 24.3 Å². The molecule has 8 heteroatoms. The van der Waals surface area contributed by atoms with Gasteiger partial charge in [0, 0.05) is 5.56 Å². The molecule has 0 aliphatic carbocycles. The summed E-state index contributed by atoms with van der Waals surface area (Å²) in [6.07, 6.45) is -8.40. The van der Waals surface area contributed by atoms with E-state index in [4.69, 9.17) is 0 Å². The Kier molecular flexibility index (Phi) is 6.07. The molecule has 1 rings (SSSR count). The minimum Gasteiger partial charge on any atom is -0.466 e. The third kappa shape index (κ3) is 4.81. The van der Waals surface area contributed by atoms with Gasteiger partial charge >= 0.3 is 12.1 Å². The van der Waals surface area contributed by atoms with E-state index in [1.54, 1.807) is 6.92 Å². The Morgan fingerprint density at radius 2 is 1.73 bits per heavy atom. The summed E-state index contributed by atoms with van der Waals surface area (Å²) in [6, 6.07) is 3.95. The van der Waals surface area contributed by atoms with E-state index in [1.165, 1.54) is 0 Å². The molecule has 0 spiro atoms. The molecule has 0 aliphatic rings. The molecule has 0 amide bonds. The Hall–Kier alpha value is -1.93. The van der Waals surface area contributed by atoms with Crippen molar-refractivity contribution in [3.05, 3.63) is 35.4 Å². The van der Waals surface area contributed by atoms with Gasteiger partial charge in [-0.25, -0.2) is 0 Å². The number of hydrogen-bond donors (Lipinski definition) is 2. The predicted molar refractivity (Wildman–Crippen MR) is 69.0 cm³/mol. The van der Waals surface area contributed by atoms with E-state index in [2.05, 4.69) is 4.74 Å². The van der Waals surface area contributed by atoms with Gasteiger partial charge in [0.25, 0.3) is 5.78 Å². The normalized spacial score (nSPS) is 14.3. The monoisotopic (exact) mass is 320 g/mol. The van der Waals surface area contributed by atoms with E-state index in [0.29, 0.717) is 0 Å². The van der Waals surface area contributed by atoms with Crippen molar-refractivity contribution in [2.45, 2.75) is 31.7 Å². The van der Waals surface area contributed by atoms with Crippen molar-refractivity contribution in [3.8, 4) is 0 Å². The molecule has 0 radical (unpaired) electrons. The molecule has 0 aromatic heterocycles. The number of benzene rings is 1. The lowest BCUT2D eigenvalue weighted by molar-refractivity contribution is -0.147. The minimum atomic E-state index is -4.98. The van der Waals surface area contributed by atoms with Gasteiger partial charge in [-0.2, -0.15) is 13.2 Å². The number of rotatable bonds is 6. The third-order valence-electron chi connectivity index (χ3n) is 2.82. The van der Waals surface area contributed by atoms with Crippen molar-refractivity contribution in [1.82, 2.24) is 0 Å². The summed E-state index contributed by atoms with van der Waals surface area (Å²) >= 11 is 0. The van der Waals surface area contributed by atoms with E-state index >= 15 is 0 Å². The highest BCUT2D eigenvalue weighted by atomic mass is 19.4. The molecule has 1 aromatic rings. The fourth-order valence-electron chi connectivity index (χ4n) is 1.72. The third-order valence-corrected chi connectivity index (χ3v) is 2.82. The lowest BCUT2D eigenvalue weighted by atomic mass is 10.00. The summed E-state index contributed by atoms with van der Waals surface area (Å²) in [5, 5.41) is 19.5. The lowest BCUT2D eigenvalue weighted by Gasteiger charge is -2.17. The van der Waals surface area contributed by atoms with Gasteiger partial charge in [-0.3, -0.25) is 9.59 Å². The highest BCUT2D eigenvalue weighted by Crippen LogP contribution is 2.24. The molecular formula is C14H15F3O5. The van der Waals surface area contributed by atoms with Crippen LogP contribution in [-0.4, -0.2) is 40.9 Å². The SMILES string of the molecule is CCOC(=O)CC(O)C(O)c1ccc(C(=O)C(F)(F)F)cc1. The second kappa shape index (κ2) is 7.37. The number of hydrogen-bond acceptors (Lipinski definition) is 5. The van der Waals surface area contributed by atoms with Crippen LogP contribution >= 0.6 is 0 Å². The number of halogens is 3. The Bertz CT molecular complexity index is 524. The number of aliphatic hydroxyl groups is 2. The number of ether oxygens (including phenoxy) is 1. The second-order valence-corrected chi connectivity index (χ2v) is 4.47. The molecule has 0 fully saturated rings. The molecule has 2 atom stereocenters. The summed E-state index contributed by atoms with van der Waals surface area (Å²) in [7, 11) is 0. The summed E-state index contributed by atoms with van der Waals surface area (Å²) in [5.41, 5.74) is -0.501. The molecule has 122 valence electrons. The van der Waals surface area contributed by atoms with Crippen molar-refractivity contribution in [2.24, 2.45) is 0 Å². The Morgan fingerprint density at radius 3 is 2.18 bits per heavy atom. The number of aliphatic hydroxyl groups excluding tert-OH is 2. The predicted octanol–water partition coefficient (Wildman–Crippen LogP) is 1.78. The van der Waals surface area contributed by atoms with Crippen LogP contribution in [-0.2, 0) is 9.53 Å². The van der Waals surface area contributed by atoms with Crippen molar-refractivity contribution < 1.29 is 37.7 Å². The van der Waals surface area contributed by atoms with Crippen LogP contribution in [0.15, 0.2) is 24.3 Å². The maximum Gasteiger partial charge on any atom is 0.454 e. The zero-order valence-corrected chi connectivity index (χ0v) is 11.6. The maximum atomic E-state index is 12.2. The maximum absolute atomic E-state index is 12.2. The first kappa shape index (κ1) is 18.1. The molecule has 0 heterocycles. The summed E-state index contributed by atoms with van der Waals surface area (Å²) in [5.74, 6) is -2.71. The van der Waals surface area contributed by atoms with E-state index < -0.39 is 42.1 Å². The quantitative estimate of drug-likeness (QED) is 0.616. The fraction of sp³-hybridized carbons (Fsp3) is 0.429. The van der Waals surface area contributed by atoms with Crippen molar-refractivity contribution in [2.75, 3.05) is 6.61 Å². The first-order valence-corrected chi connectivity index (χ1v) is 6.40. The van der Waals surface area contributed by atoms with Crippen LogP contribution in [0.2, 0.25) is 0 Å². The van der Waals surface area contributed by atoms with Gasteiger partial charge in [-0.15, -0.1) is 0 Å². The molecule has 2 N–H and O–H groups in total. The molecule has 0 bridgehead atoms. The number of carbonyl (C=O) groups excluding carboxylic acids is 2. The standard InChI is InChI=1S/C14H15F3O5/c1-2-22-11(19)7-10(18)12(20)8-3-5-9(6-4-8)13(21)14(15,16)17/h3-6,10,12,18,20H,2,7H2,1H3. The van der Waals surface area contributed by atoms with Gasteiger partial charge in [0.15, 0.2) is 0 Å². The highest BCUT2D eigenvalue weighted by Gasteiger charge is 2.39. The molecule has 5 nitrogen and oxygen atoms in total. The van der Waals surface area contributed by atoms with Crippen LogP contribution < -0.4 is 0 Å². The molecule has 0 aliphatic heterocycles. The summed E-state index contributed by atoms with van der Waals surface area (Å²) < 4.78 is 41.4. The van der Waals surface area contributed by atoms with Gasteiger partial charge < -0.3 is 14.9 Å². The Labute approximate surface area is 124 Å². The number of esters is 1. The van der Waals surface area contributed by atoms with Crippen LogP contribution in [0.5, 0.6) is 0 Å². The van der Waals surface area contributed by atoms with Gasteiger partial charge in [0.05, 0.1) is 19.1 Å². The van der Waals surface area contributed by atoms with Crippen LogP contribution in [0.1, 0.15) is 35.4 Å². The first-order valence-electron chi connectivity index (χ1n) is 6.40. The van der Waals surface area contributed by atoms with Crippen LogP contribution in [0.3, 0.4) is 0 Å². The van der Waals surface area contributed by atoms with Crippen LogP contribution in [0, 0.1) is 0 Å². The number of alkyl halides is 3. The molecule has 0 saturated heterocycles. The topological polar surface area (TPSA) is 83.8 Å². The van der Waals surface area contributed by atoms with Crippen LogP contribution in [0.25, 0.3) is 0 Å². The van der Waals surface area contributed by atoms with Gasteiger partial charge in [-0.1, -0.05) is 24.3 Å². The Morgan fingerprint density at radius 1 is 1.18 bits per heavy atom. The largest absolute Gasteiger partial charge is 0.466 e. The molecule has 2 unspecified atom stereocenters. The molecule has 22 heavy (non-hydrogen) atoms. The van der Waals surface area contributed by atoms with Gasteiger partial charge in [0.2, 0.25) is 0 Å². The van der Waals surface area contributed by atoms with Crippen molar-refractivity contribution >= 4 is 11.8 Å². The van der Waals surface area contributed by atoms with Gasteiger partial charge in [0.1, 0.15) is 6.10 Å². The molecular weight excluding hydrogens is 305 g/mol. The van der Waals surface area contributed by atoms with Crippen molar-refractivity contribution in [3.63, 3.8) is 0 Å². The summed E-state index contributed by atoms with van der Waals surface area (Å²) in [6.45, 7) is 1.70.